The minimum absolute atomic E-state index is 0.0923. The Morgan fingerprint density at radius 1 is 1.19 bits per heavy atom. The molecule has 1 amide bonds. The van der Waals surface area contributed by atoms with E-state index in [-0.39, 0.29) is 5.75 Å². The van der Waals surface area contributed by atoms with Gasteiger partial charge in [-0.2, -0.15) is 5.21 Å². The molecule has 0 aliphatic heterocycles. The van der Waals surface area contributed by atoms with Crippen LogP contribution in [-0.2, 0) is 0 Å². The first-order valence-electron chi connectivity index (χ1n) is 9.21. The SMILES string of the molecule is Cc1cc(-n2c(-c3ccc(O)cc3Cl)cc3sc(-c4nn[nH]n4)cc32)ccc1C(N)=O. The molecule has 3 aromatic heterocycles. The Kier molecular flexibility index (Phi) is 4.49. The predicted molar refractivity (Wildman–Crippen MR) is 120 cm³/mol. The van der Waals surface area contributed by atoms with E-state index in [2.05, 4.69) is 20.6 Å². The number of tetrazole rings is 1. The molecule has 5 rings (SSSR count). The first kappa shape index (κ1) is 19.3. The average molecular weight is 451 g/mol. The fraction of sp³-hybridized carbons (Fsp3) is 0.0476. The maximum absolute atomic E-state index is 11.7. The number of H-pyrrole nitrogens is 1. The van der Waals surface area contributed by atoms with Crippen molar-refractivity contribution in [3.05, 3.63) is 64.7 Å². The second-order valence-electron chi connectivity index (χ2n) is 6.99. The van der Waals surface area contributed by atoms with Crippen LogP contribution in [0.5, 0.6) is 5.75 Å². The van der Waals surface area contributed by atoms with Crippen molar-refractivity contribution in [3.8, 4) is 33.4 Å². The number of aromatic nitrogens is 5. The van der Waals surface area contributed by atoms with E-state index in [1.807, 2.05) is 35.8 Å². The summed E-state index contributed by atoms with van der Waals surface area (Å²) in [6.45, 7) is 1.84. The number of carbonyl (C=O) groups is 1. The smallest absolute Gasteiger partial charge is 0.248 e. The van der Waals surface area contributed by atoms with Gasteiger partial charge in [0.05, 0.1) is 25.8 Å². The molecule has 31 heavy (non-hydrogen) atoms. The lowest BCUT2D eigenvalue weighted by molar-refractivity contribution is 0.0999. The van der Waals surface area contributed by atoms with Crippen LogP contribution < -0.4 is 5.73 Å². The van der Waals surface area contributed by atoms with Crippen molar-refractivity contribution < 1.29 is 9.90 Å². The summed E-state index contributed by atoms with van der Waals surface area (Å²) in [5.74, 6) is 0.130. The molecule has 0 aliphatic carbocycles. The van der Waals surface area contributed by atoms with Crippen molar-refractivity contribution >= 4 is 39.1 Å². The van der Waals surface area contributed by atoms with Gasteiger partial charge in [0.2, 0.25) is 11.7 Å². The van der Waals surface area contributed by atoms with Gasteiger partial charge < -0.3 is 15.4 Å². The molecule has 154 valence electrons. The number of thiophene rings is 1. The number of phenols is 1. The molecule has 0 spiro atoms. The summed E-state index contributed by atoms with van der Waals surface area (Å²) in [4.78, 5) is 12.5. The first-order chi connectivity index (χ1) is 14.9. The van der Waals surface area contributed by atoms with E-state index in [0.29, 0.717) is 16.4 Å². The number of amides is 1. The molecule has 8 nitrogen and oxygen atoms in total. The van der Waals surface area contributed by atoms with Crippen molar-refractivity contribution in [2.45, 2.75) is 6.92 Å². The summed E-state index contributed by atoms with van der Waals surface area (Å²) < 4.78 is 3.04. The highest BCUT2D eigenvalue weighted by atomic mass is 35.5. The fourth-order valence-corrected chi connectivity index (χ4v) is 4.90. The normalized spacial score (nSPS) is 11.3. The van der Waals surface area contributed by atoms with Crippen LogP contribution in [0.2, 0.25) is 5.02 Å². The van der Waals surface area contributed by atoms with Gasteiger partial charge in [-0.1, -0.05) is 11.6 Å². The molecule has 0 radical (unpaired) electrons. The Bertz CT molecular complexity index is 1450. The van der Waals surface area contributed by atoms with Crippen LogP contribution in [0.4, 0.5) is 0 Å². The summed E-state index contributed by atoms with van der Waals surface area (Å²) in [5.41, 5.74) is 10.1. The van der Waals surface area contributed by atoms with E-state index in [1.54, 1.807) is 18.2 Å². The summed E-state index contributed by atoms with van der Waals surface area (Å²) in [6, 6.07) is 14.4. The number of phenolic OH excluding ortho intramolecular Hbond substituents is 1. The van der Waals surface area contributed by atoms with E-state index in [4.69, 9.17) is 17.3 Å². The number of aromatic hydroxyl groups is 1. The fourth-order valence-electron chi connectivity index (χ4n) is 3.62. The molecule has 2 aromatic carbocycles. The highest BCUT2D eigenvalue weighted by molar-refractivity contribution is 7.22. The zero-order chi connectivity index (χ0) is 21.7. The minimum atomic E-state index is -0.474. The molecular formula is C21H15ClN6O2S. The molecule has 0 saturated carbocycles. The lowest BCUT2D eigenvalue weighted by Crippen LogP contribution is -2.13. The number of nitrogens with two attached hydrogens (primary N) is 1. The minimum Gasteiger partial charge on any atom is -0.508 e. The van der Waals surface area contributed by atoms with Crippen molar-refractivity contribution in [1.82, 2.24) is 25.2 Å². The number of halogens is 1. The van der Waals surface area contributed by atoms with Gasteiger partial charge in [0.1, 0.15) is 5.75 Å². The zero-order valence-corrected chi connectivity index (χ0v) is 17.7. The number of nitrogens with one attached hydrogen (secondary N) is 1. The van der Waals surface area contributed by atoms with Gasteiger partial charge in [0, 0.05) is 16.8 Å². The highest BCUT2D eigenvalue weighted by Gasteiger charge is 2.20. The Morgan fingerprint density at radius 2 is 2.03 bits per heavy atom. The molecule has 0 unspecified atom stereocenters. The van der Waals surface area contributed by atoms with Crippen molar-refractivity contribution in [2.75, 3.05) is 0 Å². The number of aryl methyl sites for hydroxylation is 1. The molecule has 5 aromatic rings. The van der Waals surface area contributed by atoms with E-state index in [9.17, 15) is 9.90 Å². The van der Waals surface area contributed by atoms with E-state index in [1.165, 1.54) is 17.4 Å². The summed E-state index contributed by atoms with van der Waals surface area (Å²) in [7, 11) is 0. The van der Waals surface area contributed by atoms with Gasteiger partial charge in [-0.3, -0.25) is 4.79 Å². The van der Waals surface area contributed by atoms with E-state index < -0.39 is 5.91 Å². The molecular weight excluding hydrogens is 436 g/mol. The largest absolute Gasteiger partial charge is 0.508 e. The topological polar surface area (TPSA) is 123 Å². The van der Waals surface area contributed by atoms with Crippen LogP contribution in [0.15, 0.2) is 48.5 Å². The summed E-state index contributed by atoms with van der Waals surface area (Å²) >= 11 is 7.99. The summed E-state index contributed by atoms with van der Waals surface area (Å²) in [5, 5.41) is 24.4. The molecule has 4 N–H and O–H groups in total. The Balaban J connectivity index is 1.78. The predicted octanol–water partition coefficient (Wildman–Crippen LogP) is 4.31. The monoisotopic (exact) mass is 450 g/mol. The van der Waals surface area contributed by atoms with Gasteiger partial charge in [-0.25, -0.2) is 0 Å². The van der Waals surface area contributed by atoms with Gasteiger partial charge >= 0.3 is 0 Å². The number of hydrogen-bond donors (Lipinski definition) is 3. The Hall–Kier alpha value is -3.69. The Morgan fingerprint density at radius 3 is 2.71 bits per heavy atom. The number of primary amides is 1. The number of nitrogens with zero attached hydrogens (tertiary/aromatic N) is 4. The van der Waals surface area contributed by atoms with Crippen molar-refractivity contribution in [1.29, 1.82) is 0 Å². The van der Waals surface area contributed by atoms with E-state index in [0.717, 1.165) is 37.6 Å². The quantitative estimate of drug-likeness (QED) is 0.376. The van der Waals surface area contributed by atoms with Crippen molar-refractivity contribution in [3.63, 3.8) is 0 Å². The van der Waals surface area contributed by atoms with Gasteiger partial charge in [-0.15, -0.1) is 21.5 Å². The first-order valence-corrected chi connectivity index (χ1v) is 10.4. The number of aromatic amines is 1. The third-order valence-electron chi connectivity index (χ3n) is 5.02. The standard InChI is InChI=1S/C21H15ClN6O2S/c1-10-6-11(2-4-13(10)20(23)30)28-16(14-5-3-12(29)7-15(14)22)8-18-17(28)9-19(31-18)21-24-26-27-25-21/h2-9,29H,1H3,(H2,23,30)(H,24,25,26,27). The average Bonchev–Trinajstić information content (AvgIpc) is 3.43. The van der Waals surface area contributed by atoms with E-state index >= 15 is 0 Å². The molecule has 10 heteroatoms. The van der Waals surface area contributed by atoms with Gasteiger partial charge in [0.15, 0.2) is 0 Å². The maximum Gasteiger partial charge on any atom is 0.248 e. The molecule has 0 atom stereocenters. The number of fused-ring (bicyclic) bond motifs is 1. The maximum atomic E-state index is 11.7. The molecule has 0 bridgehead atoms. The van der Waals surface area contributed by atoms with Gasteiger partial charge in [0.25, 0.3) is 0 Å². The lowest BCUT2D eigenvalue weighted by Gasteiger charge is -2.14. The zero-order valence-electron chi connectivity index (χ0n) is 16.1. The van der Waals surface area contributed by atoms with Crippen LogP contribution in [-0.4, -0.2) is 36.2 Å². The van der Waals surface area contributed by atoms with Crippen LogP contribution in [0.3, 0.4) is 0 Å². The van der Waals surface area contributed by atoms with Crippen LogP contribution in [0.25, 0.3) is 37.9 Å². The Labute approximate surface area is 184 Å². The lowest BCUT2D eigenvalue weighted by atomic mass is 10.1. The summed E-state index contributed by atoms with van der Waals surface area (Å²) in [6.07, 6.45) is 0. The van der Waals surface area contributed by atoms with Gasteiger partial charge in [-0.05, 0) is 66.2 Å². The van der Waals surface area contributed by atoms with Crippen molar-refractivity contribution in [2.24, 2.45) is 5.73 Å². The molecule has 0 saturated heterocycles. The van der Waals surface area contributed by atoms with Crippen LogP contribution in [0, 0.1) is 6.92 Å². The third-order valence-corrected chi connectivity index (χ3v) is 6.40. The number of hydrogen-bond acceptors (Lipinski definition) is 6. The highest BCUT2D eigenvalue weighted by Crippen LogP contribution is 2.41. The third kappa shape index (κ3) is 3.24. The molecule has 3 heterocycles. The number of rotatable bonds is 4. The molecule has 0 fully saturated rings. The number of benzene rings is 2. The second-order valence-corrected chi connectivity index (χ2v) is 8.48. The van der Waals surface area contributed by atoms with Crippen LogP contribution >= 0.6 is 22.9 Å². The molecule has 0 aliphatic rings. The second kappa shape index (κ2) is 7.22. The van der Waals surface area contributed by atoms with Crippen LogP contribution in [0.1, 0.15) is 15.9 Å². The number of carbonyl (C=O) groups excluding carboxylic acids is 1.